The van der Waals surface area contributed by atoms with Gasteiger partial charge in [-0.2, -0.15) is 31.4 Å². The zero-order chi connectivity index (χ0) is 21.1. The third kappa shape index (κ3) is 3.32. The lowest BCUT2D eigenvalue weighted by molar-refractivity contribution is -0.141. The molecule has 1 aliphatic rings. The van der Waals surface area contributed by atoms with Crippen LogP contribution in [0.15, 0.2) is 18.2 Å². The van der Waals surface area contributed by atoms with Gasteiger partial charge in [0.2, 0.25) is 0 Å². The number of halogens is 7. The number of alkyl halides is 6. The maximum Gasteiger partial charge on any atom is 0.432 e. The van der Waals surface area contributed by atoms with E-state index >= 15 is 0 Å². The van der Waals surface area contributed by atoms with Gasteiger partial charge >= 0.3 is 12.4 Å². The molecule has 154 valence electrons. The standard InChI is InChI=1S/C17H11F7N4O/c18-10-4-7(16(19,20)21)3-8-9-6-28(2-1-11(9)25-14(8)10)15(29)12-5-13(27-26-12)17(22,23)24/h3-5,25H,1-2,6H2,(H,26,27). The molecule has 2 aromatic heterocycles. The van der Waals surface area contributed by atoms with Gasteiger partial charge in [0.15, 0.2) is 5.69 Å². The lowest BCUT2D eigenvalue weighted by Crippen LogP contribution is -2.36. The summed E-state index contributed by atoms with van der Waals surface area (Å²) in [7, 11) is 0. The van der Waals surface area contributed by atoms with Gasteiger partial charge in [0.25, 0.3) is 5.91 Å². The van der Waals surface area contributed by atoms with Gasteiger partial charge in [-0.25, -0.2) is 4.39 Å². The number of H-pyrrole nitrogens is 2. The van der Waals surface area contributed by atoms with Crippen LogP contribution < -0.4 is 0 Å². The predicted molar refractivity (Wildman–Crippen MR) is 85.3 cm³/mol. The molecule has 12 heteroatoms. The summed E-state index contributed by atoms with van der Waals surface area (Å²) in [6, 6.07) is 1.74. The van der Waals surface area contributed by atoms with E-state index in [0.29, 0.717) is 17.8 Å². The maximum atomic E-state index is 14.2. The Morgan fingerprint density at radius 1 is 1.07 bits per heavy atom. The summed E-state index contributed by atoms with van der Waals surface area (Å²) in [6.45, 7) is -0.107. The Morgan fingerprint density at radius 2 is 1.79 bits per heavy atom. The molecule has 0 spiro atoms. The molecule has 5 nitrogen and oxygen atoms in total. The minimum absolute atomic E-state index is 0.0252. The van der Waals surface area contributed by atoms with Gasteiger partial charge in [-0.3, -0.25) is 9.89 Å². The number of carbonyl (C=O) groups excluding carboxylic acids is 1. The molecule has 1 aromatic carbocycles. The number of carbonyl (C=O) groups is 1. The Morgan fingerprint density at radius 3 is 2.41 bits per heavy atom. The molecule has 0 atom stereocenters. The molecule has 4 rings (SSSR count). The van der Waals surface area contributed by atoms with Crippen LogP contribution in [-0.2, 0) is 25.3 Å². The summed E-state index contributed by atoms with van der Waals surface area (Å²) < 4.78 is 91.3. The van der Waals surface area contributed by atoms with Gasteiger partial charge in [-0.1, -0.05) is 0 Å². The quantitative estimate of drug-likeness (QED) is 0.578. The van der Waals surface area contributed by atoms with Crippen molar-refractivity contribution in [2.24, 2.45) is 0 Å². The van der Waals surface area contributed by atoms with Crippen LogP contribution in [0.1, 0.15) is 33.0 Å². The van der Waals surface area contributed by atoms with E-state index < -0.39 is 41.0 Å². The van der Waals surface area contributed by atoms with Gasteiger partial charge < -0.3 is 9.88 Å². The molecular weight excluding hydrogens is 409 g/mol. The first-order valence-corrected chi connectivity index (χ1v) is 8.27. The second-order valence-corrected chi connectivity index (χ2v) is 6.60. The first kappa shape index (κ1) is 19.3. The summed E-state index contributed by atoms with van der Waals surface area (Å²) in [5.74, 6) is -1.89. The number of aromatic amines is 2. The molecule has 0 unspecified atom stereocenters. The number of benzene rings is 1. The fourth-order valence-electron chi connectivity index (χ4n) is 3.35. The van der Waals surface area contributed by atoms with Crippen LogP contribution in [0.2, 0.25) is 0 Å². The van der Waals surface area contributed by atoms with Crippen molar-refractivity contribution in [3.05, 3.63) is 52.2 Å². The lowest BCUT2D eigenvalue weighted by Gasteiger charge is -2.26. The average molecular weight is 420 g/mol. The molecule has 0 saturated heterocycles. The highest BCUT2D eigenvalue weighted by molar-refractivity contribution is 5.93. The van der Waals surface area contributed by atoms with E-state index in [1.165, 1.54) is 0 Å². The van der Waals surface area contributed by atoms with Gasteiger partial charge in [0.1, 0.15) is 11.5 Å². The number of amides is 1. The van der Waals surface area contributed by atoms with Gasteiger partial charge in [0.05, 0.1) is 11.1 Å². The van der Waals surface area contributed by atoms with Crippen LogP contribution in [0.3, 0.4) is 0 Å². The highest BCUT2D eigenvalue weighted by Crippen LogP contribution is 2.36. The van der Waals surface area contributed by atoms with Crippen molar-refractivity contribution < 1.29 is 35.5 Å². The van der Waals surface area contributed by atoms with Crippen LogP contribution in [0.5, 0.6) is 0 Å². The fourth-order valence-corrected chi connectivity index (χ4v) is 3.35. The number of hydrogen-bond acceptors (Lipinski definition) is 2. The topological polar surface area (TPSA) is 64.8 Å². The van der Waals surface area contributed by atoms with E-state index in [4.69, 9.17) is 0 Å². The normalized spacial score (nSPS) is 15.1. The van der Waals surface area contributed by atoms with Crippen molar-refractivity contribution in [3.8, 4) is 0 Å². The maximum absolute atomic E-state index is 14.2. The molecule has 2 N–H and O–H groups in total. The largest absolute Gasteiger partial charge is 0.432 e. The Bertz CT molecular complexity index is 1110. The molecule has 29 heavy (non-hydrogen) atoms. The number of fused-ring (bicyclic) bond motifs is 3. The number of hydrogen-bond donors (Lipinski definition) is 2. The van der Waals surface area contributed by atoms with Gasteiger partial charge in [-0.05, 0) is 12.1 Å². The summed E-state index contributed by atoms with van der Waals surface area (Å²) in [6.07, 6.45) is -9.29. The number of nitrogens with one attached hydrogen (secondary N) is 2. The van der Waals surface area contributed by atoms with Crippen LogP contribution in [0.4, 0.5) is 30.7 Å². The average Bonchev–Trinajstić information content (AvgIpc) is 3.25. The van der Waals surface area contributed by atoms with Crippen molar-refractivity contribution in [1.29, 1.82) is 0 Å². The Kier molecular flexibility index (Phi) is 4.14. The third-order valence-corrected chi connectivity index (χ3v) is 4.75. The SMILES string of the molecule is O=C(c1cc(C(F)(F)F)[nH]n1)N1CCc2[nH]c3c(F)cc(C(F)(F)F)cc3c2C1. The Hall–Kier alpha value is -3.05. The Labute approximate surface area is 157 Å². The molecule has 0 bridgehead atoms. The van der Waals surface area contributed by atoms with Crippen LogP contribution in [0, 0.1) is 5.82 Å². The molecule has 0 saturated carbocycles. The van der Waals surface area contributed by atoms with Crippen LogP contribution in [0.25, 0.3) is 10.9 Å². The second-order valence-electron chi connectivity index (χ2n) is 6.60. The van der Waals surface area contributed by atoms with E-state index in [-0.39, 0.29) is 36.0 Å². The number of aromatic nitrogens is 3. The highest BCUT2D eigenvalue weighted by Gasteiger charge is 2.36. The molecule has 1 amide bonds. The summed E-state index contributed by atoms with van der Waals surface area (Å²) >= 11 is 0. The smallest absolute Gasteiger partial charge is 0.356 e. The van der Waals surface area contributed by atoms with E-state index in [0.717, 1.165) is 11.0 Å². The van der Waals surface area contributed by atoms with Gasteiger partial charge in [0, 0.05) is 42.2 Å². The first-order chi connectivity index (χ1) is 13.4. The summed E-state index contributed by atoms with van der Waals surface area (Å²) in [4.78, 5) is 16.4. The summed E-state index contributed by atoms with van der Waals surface area (Å²) in [5.41, 5.74) is -2.19. The van der Waals surface area contributed by atoms with Crippen LogP contribution >= 0.6 is 0 Å². The van der Waals surface area contributed by atoms with E-state index in [9.17, 15) is 35.5 Å². The van der Waals surface area contributed by atoms with Crippen molar-refractivity contribution >= 4 is 16.8 Å². The first-order valence-electron chi connectivity index (χ1n) is 8.27. The zero-order valence-corrected chi connectivity index (χ0v) is 14.3. The lowest BCUT2D eigenvalue weighted by atomic mass is 10.0. The monoisotopic (exact) mass is 420 g/mol. The van der Waals surface area contributed by atoms with Crippen molar-refractivity contribution in [2.75, 3.05) is 6.54 Å². The highest BCUT2D eigenvalue weighted by atomic mass is 19.4. The van der Waals surface area contributed by atoms with E-state index in [2.05, 4.69) is 10.1 Å². The van der Waals surface area contributed by atoms with Crippen molar-refractivity contribution in [2.45, 2.75) is 25.3 Å². The fraction of sp³-hybridized carbons (Fsp3) is 0.294. The zero-order valence-electron chi connectivity index (χ0n) is 14.3. The van der Waals surface area contributed by atoms with Crippen molar-refractivity contribution in [1.82, 2.24) is 20.1 Å². The number of rotatable bonds is 1. The van der Waals surface area contributed by atoms with Crippen LogP contribution in [-0.4, -0.2) is 32.5 Å². The molecule has 0 fully saturated rings. The minimum atomic E-state index is -4.76. The summed E-state index contributed by atoms with van der Waals surface area (Å²) in [5, 5.41) is 5.08. The van der Waals surface area contributed by atoms with Crippen molar-refractivity contribution in [3.63, 3.8) is 0 Å². The molecule has 1 aliphatic heterocycles. The molecular formula is C17H11F7N4O. The predicted octanol–water partition coefficient (Wildman–Crippen LogP) is 4.27. The third-order valence-electron chi connectivity index (χ3n) is 4.75. The van der Waals surface area contributed by atoms with E-state index in [1.807, 2.05) is 0 Å². The Balaban J connectivity index is 1.69. The second kappa shape index (κ2) is 6.22. The van der Waals surface area contributed by atoms with Gasteiger partial charge in [-0.15, -0.1) is 0 Å². The minimum Gasteiger partial charge on any atom is -0.356 e. The van der Waals surface area contributed by atoms with E-state index in [1.54, 1.807) is 5.10 Å². The molecule has 3 aromatic rings. The molecule has 0 radical (unpaired) electrons. The molecule has 3 heterocycles. The number of nitrogens with zero attached hydrogens (tertiary/aromatic N) is 2. The molecule has 0 aliphatic carbocycles.